The summed E-state index contributed by atoms with van der Waals surface area (Å²) in [6.07, 6.45) is 6.89. The zero-order chi connectivity index (χ0) is 19.5. The summed E-state index contributed by atoms with van der Waals surface area (Å²) in [6.45, 7) is 4.08. The van der Waals surface area contributed by atoms with Gasteiger partial charge in [-0.1, -0.05) is 12.1 Å². The van der Waals surface area contributed by atoms with Crippen molar-refractivity contribution in [2.24, 2.45) is 5.10 Å². The highest BCUT2D eigenvalue weighted by Crippen LogP contribution is 2.23. The van der Waals surface area contributed by atoms with E-state index in [0.717, 1.165) is 33.4 Å². The van der Waals surface area contributed by atoms with Crippen LogP contribution >= 0.6 is 0 Å². The monoisotopic (exact) mass is 369 g/mol. The lowest BCUT2D eigenvalue weighted by molar-refractivity contribution is 0.0950. The zero-order valence-corrected chi connectivity index (χ0v) is 15.6. The van der Waals surface area contributed by atoms with Crippen LogP contribution in [0.5, 0.6) is 0 Å². The number of rotatable bonds is 4. The Morgan fingerprint density at radius 1 is 1.07 bits per heavy atom. The van der Waals surface area contributed by atoms with Crippen molar-refractivity contribution >= 4 is 22.9 Å². The van der Waals surface area contributed by atoms with Crippen molar-refractivity contribution in [2.75, 3.05) is 0 Å². The van der Waals surface area contributed by atoms with Gasteiger partial charge in [0, 0.05) is 46.6 Å². The van der Waals surface area contributed by atoms with Crippen molar-refractivity contribution in [2.45, 2.75) is 13.8 Å². The molecule has 0 atom stereocenters. The molecule has 6 nitrogen and oxygen atoms in total. The Morgan fingerprint density at radius 2 is 1.96 bits per heavy atom. The quantitative estimate of drug-likeness (QED) is 0.439. The summed E-state index contributed by atoms with van der Waals surface area (Å²) in [7, 11) is 0. The highest BCUT2D eigenvalue weighted by molar-refractivity contribution is 5.93. The van der Waals surface area contributed by atoms with Gasteiger partial charge in [0.15, 0.2) is 0 Å². The first-order chi connectivity index (χ1) is 13.6. The number of hydrogen-bond donors (Lipinski definition) is 1. The fraction of sp³-hybridized carbons (Fsp3) is 0.0909. The molecule has 3 heterocycles. The van der Waals surface area contributed by atoms with Gasteiger partial charge in [0.05, 0.1) is 6.21 Å². The van der Waals surface area contributed by atoms with Gasteiger partial charge in [0.1, 0.15) is 5.69 Å². The lowest BCUT2D eigenvalue weighted by Crippen LogP contribution is -2.18. The molecular formula is C22H19N5O. The van der Waals surface area contributed by atoms with Gasteiger partial charge in [-0.05, 0) is 55.6 Å². The molecule has 28 heavy (non-hydrogen) atoms. The van der Waals surface area contributed by atoms with Crippen LogP contribution in [0.1, 0.15) is 27.4 Å². The number of nitrogens with one attached hydrogen (secondary N) is 1. The number of benzene rings is 1. The number of carbonyl (C=O) groups is 1. The molecule has 1 N–H and O–H groups in total. The standard InChI is InChI=1S/C22H19N5O/c1-15-11-18(14-25-26-22(28)21-5-3-4-9-24-21)16(2)27(15)20-7-6-17-8-10-23-13-19(17)12-20/h3-14H,1-2H3,(H,26,28). The molecule has 0 aliphatic heterocycles. The maximum Gasteiger partial charge on any atom is 0.289 e. The van der Waals surface area contributed by atoms with Crippen molar-refractivity contribution in [1.82, 2.24) is 20.0 Å². The fourth-order valence-corrected chi connectivity index (χ4v) is 3.24. The van der Waals surface area contributed by atoms with Crippen LogP contribution in [-0.2, 0) is 0 Å². The molecule has 138 valence electrons. The number of hydrogen-bond acceptors (Lipinski definition) is 4. The average molecular weight is 369 g/mol. The number of aromatic nitrogens is 3. The van der Waals surface area contributed by atoms with Gasteiger partial charge in [0.25, 0.3) is 5.91 Å². The van der Waals surface area contributed by atoms with Gasteiger partial charge >= 0.3 is 0 Å². The Bertz CT molecular complexity index is 1180. The molecule has 4 rings (SSSR count). The smallest absolute Gasteiger partial charge is 0.289 e. The molecule has 3 aromatic heterocycles. The third kappa shape index (κ3) is 3.40. The molecule has 0 saturated heterocycles. The maximum absolute atomic E-state index is 12.0. The largest absolute Gasteiger partial charge is 0.318 e. The number of amides is 1. The normalized spacial score (nSPS) is 11.2. The van der Waals surface area contributed by atoms with Crippen LogP contribution in [0.15, 0.2) is 72.2 Å². The minimum Gasteiger partial charge on any atom is -0.318 e. The van der Waals surface area contributed by atoms with Gasteiger partial charge < -0.3 is 4.57 Å². The van der Waals surface area contributed by atoms with E-state index in [1.165, 1.54) is 0 Å². The molecule has 0 bridgehead atoms. The molecule has 0 saturated carbocycles. The first kappa shape index (κ1) is 17.6. The Kier molecular flexibility index (Phi) is 4.68. The van der Waals surface area contributed by atoms with Gasteiger partial charge in [0.2, 0.25) is 0 Å². The van der Waals surface area contributed by atoms with Crippen molar-refractivity contribution in [3.05, 3.63) is 89.8 Å². The molecule has 0 radical (unpaired) electrons. The topological polar surface area (TPSA) is 72.2 Å². The van der Waals surface area contributed by atoms with E-state index in [9.17, 15) is 4.79 Å². The number of carbonyl (C=O) groups excluding carboxylic acids is 1. The van der Waals surface area contributed by atoms with Crippen LogP contribution in [0, 0.1) is 13.8 Å². The third-order valence-corrected chi connectivity index (χ3v) is 4.62. The Labute approximate surface area is 162 Å². The van der Waals surface area contributed by atoms with E-state index in [1.807, 2.05) is 32.2 Å². The summed E-state index contributed by atoms with van der Waals surface area (Å²) in [4.78, 5) is 20.3. The molecule has 0 aliphatic carbocycles. The minimum absolute atomic E-state index is 0.329. The zero-order valence-electron chi connectivity index (χ0n) is 15.6. The second-order valence-electron chi connectivity index (χ2n) is 6.48. The van der Waals surface area contributed by atoms with Crippen LogP contribution in [0.4, 0.5) is 0 Å². The van der Waals surface area contributed by atoms with Crippen molar-refractivity contribution in [3.8, 4) is 5.69 Å². The van der Waals surface area contributed by atoms with Gasteiger partial charge in [-0.15, -0.1) is 0 Å². The molecule has 0 aliphatic rings. The van der Waals surface area contributed by atoms with Crippen LogP contribution in [-0.4, -0.2) is 26.7 Å². The van der Waals surface area contributed by atoms with E-state index in [-0.39, 0.29) is 5.91 Å². The molecule has 0 spiro atoms. The highest BCUT2D eigenvalue weighted by atomic mass is 16.2. The number of hydrazone groups is 1. The predicted molar refractivity (Wildman–Crippen MR) is 110 cm³/mol. The summed E-state index contributed by atoms with van der Waals surface area (Å²) in [5, 5.41) is 6.33. The summed E-state index contributed by atoms with van der Waals surface area (Å²) in [6, 6.07) is 15.5. The molecular weight excluding hydrogens is 350 g/mol. The van der Waals surface area contributed by atoms with E-state index < -0.39 is 0 Å². The first-order valence-corrected chi connectivity index (χ1v) is 8.91. The van der Waals surface area contributed by atoms with Crippen molar-refractivity contribution in [3.63, 3.8) is 0 Å². The number of nitrogens with zero attached hydrogens (tertiary/aromatic N) is 4. The third-order valence-electron chi connectivity index (χ3n) is 4.62. The number of fused-ring (bicyclic) bond motifs is 1. The molecule has 1 aromatic carbocycles. The number of pyridine rings is 2. The van der Waals surface area contributed by atoms with E-state index >= 15 is 0 Å². The van der Waals surface area contributed by atoms with Gasteiger partial charge in [-0.25, -0.2) is 5.43 Å². The van der Waals surface area contributed by atoms with Crippen molar-refractivity contribution < 1.29 is 4.79 Å². The average Bonchev–Trinajstić information content (AvgIpc) is 3.01. The molecule has 6 heteroatoms. The van der Waals surface area contributed by atoms with Crippen LogP contribution in [0.25, 0.3) is 16.5 Å². The minimum atomic E-state index is -0.340. The second-order valence-corrected chi connectivity index (χ2v) is 6.48. The molecule has 4 aromatic rings. The summed E-state index contributed by atoms with van der Waals surface area (Å²) in [5.41, 5.74) is 6.96. The van der Waals surface area contributed by atoms with Crippen LogP contribution < -0.4 is 5.43 Å². The van der Waals surface area contributed by atoms with Crippen LogP contribution in [0.2, 0.25) is 0 Å². The van der Waals surface area contributed by atoms with Gasteiger partial charge in [-0.2, -0.15) is 5.10 Å². The lowest BCUT2D eigenvalue weighted by Gasteiger charge is -2.10. The van der Waals surface area contributed by atoms with E-state index in [2.05, 4.69) is 43.3 Å². The maximum atomic E-state index is 12.0. The second kappa shape index (κ2) is 7.44. The fourth-order valence-electron chi connectivity index (χ4n) is 3.24. The molecule has 0 unspecified atom stereocenters. The predicted octanol–water partition coefficient (Wildman–Crippen LogP) is 3.80. The summed E-state index contributed by atoms with van der Waals surface area (Å²) < 4.78 is 2.16. The SMILES string of the molecule is Cc1cc(C=NNC(=O)c2ccccn2)c(C)n1-c1ccc2ccncc2c1. The highest BCUT2D eigenvalue weighted by Gasteiger charge is 2.10. The van der Waals surface area contributed by atoms with E-state index in [4.69, 9.17) is 0 Å². The summed E-state index contributed by atoms with van der Waals surface area (Å²) >= 11 is 0. The van der Waals surface area contributed by atoms with E-state index in [0.29, 0.717) is 5.69 Å². The summed E-state index contributed by atoms with van der Waals surface area (Å²) in [5.74, 6) is -0.340. The van der Waals surface area contributed by atoms with Gasteiger partial charge in [-0.3, -0.25) is 14.8 Å². The number of aryl methyl sites for hydroxylation is 1. The lowest BCUT2D eigenvalue weighted by atomic mass is 10.1. The van der Waals surface area contributed by atoms with Crippen molar-refractivity contribution in [1.29, 1.82) is 0 Å². The van der Waals surface area contributed by atoms with Crippen LogP contribution in [0.3, 0.4) is 0 Å². The Morgan fingerprint density at radius 3 is 2.79 bits per heavy atom. The Balaban J connectivity index is 1.59. The van der Waals surface area contributed by atoms with E-state index in [1.54, 1.807) is 36.8 Å². The molecule has 1 amide bonds. The Hall–Kier alpha value is -3.80. The first-order valence-electron chi connectivity index (χ1n) is 8.91. The molecule has 0 fully saturated rings.